The van der Waals surface area contributed by atoms with E-state index >= 15 is 0 Å². The highest BCUT2D eigenvalue weighted by Gasteiger charge is 2.31. The van der Waals surface area contributed by atoms with Crippen LogP contribution in [0.3, 0.4) is 0 Å². The summed E-state index contributed by atoms with van der Waals surface area (Å²) in [5, 5.41) is 3.32. The van der Waals surface area contributed by atoms with Crippen LogP contribution in [0.4, 0.5) is 5.69 Å². The zero-order valence-corrected chi connectivity index (χ0v) is 21.2. The number of benzene rings is 2. The van der Waals surface area contributed by atoms with Crippen molar-refractivity contribution in [1.29, 1.82) is 0 Å². The molecule has 0 aliphatic heterocycles. The van der Waals surface area contributed by atoms with Crippen LogP contribution < -0.4 is 9.62 Å². The fraction of sp³-hybridized carbons (Fsp3) is 0.300. The second kappa shape index (κ2) is 10.9. The van der Waals surface area contributed by atoms with Crippen LogP contribution in [0.15, 0.2) is 36.4 Å². The van der Waals surface area contributed by atoms with Crippen molar-refractivity contribution in [3.05, 3.63) is 62.1 Å². The summed E-state index contributed by atoms with van der Waals surface area (Å²) in [5.41, 5.74) is 0.582. The molecule has 12 heteroatoms. The van der Waals surface area contributed by atoms with Gasteiger partial charge in [-0.2, -0.15) is 0 Å². The Hall–Kier alpha value is -1.71. The number of amides is 2. The monoisotopic (exact) mass is 539 g/mol. The summed E-state index contributed by atoms with van der Waals surface area (Å²) in [7, 11) is -2.49. The Kier molecular flexibility index (Phi) is 9.07. The Morgan fingerprint density at radius 3 is 2.28 bits per heavy atom. The number of carbonyl (C=O) groups excluding carboxylic acids is 2. The lowest BCUT2D eigenvalue weighted by atomic mass is 10.1. The lowest BCUT2D eigenvalue weighted by Gasteiger charge is -2.31. The molecule has 32 heavy (non-hydrogen) atoms. The van der Waals surface area contributed by atoms with E-state index < -0.39 is 34.4 Å². The van der Waals surface area contributed by atoms with E-state index in [0.29, 0.717) is 15.6 Å². The van der Waals surface area contributed by atoms with E-state index in [-0.39, 0.29) is 22.3 Å². The predicted molar refractivity (Wildman–Crippen MR) is 129 cm³/mol. The number of hydrogen-bond acceptors (Lipinski definition) is 4. The third-order valence-electron chi connectivity index (χ3n) is 4.65. The third-order valence-corrected chi connectivity index (χ3v) is 7.17. The van der Waals surface area contributed by atoms with Crippen molar-refractivity contribution in [2.45, 2.75) is 19.5 Å². The highest BCUT2D eigenvalue weighted by molar-refractivity contribution is 7.92. The van der Waals surface area contributed by atoms with Crippen molar-refractivity contribution in [2.24, 2.45) is 0 Å². The van der Waals surface area contributed by atoms with Crippen molar-refractivity contribution >= 4 is 73.9 Å². The number of rotatable bonds is 8. The number of sulfonamides is 1. The van der Waals surface area contributed by atoms with E-state index in [4.69, 9.17) is 46.4 Å². The summed E-state index contributed by atoms with van der Waals surface area (Å²) in [5.74, 6) is -1.08. The van der Waals surface area contributed by atoms with E-state index in [1.165, 1.54) is 43.1 Å². The van der Waals surface area contributed by atoms with Crippen LogP contribution in [0.2, 0.25) is 20.1 Å². The first kappa shape index (κ1) is 26.5. The van der Waals surface area contributed by atoms with Crippen LogP contribution in [-0.4, -0.2) is 51.0 Å². The molecule has 2 amide bonds. The number of hydrogen-bond donors (Lipinski definition) is 1. The number of likely N-dealkylation sites (N-methyl/N-ethyl adjacent to an activating group) is 1. The van der Waals surface area contributed by atoms with Gasteiger partial charge in [-0.1, -0.05) is 58.5 Å². The fourth-order valence-electron chi connectivity index (χ4n) is 2.90. The minimum absolute atomic E-state index is 0.0148. The summed E-state index contributed by atoms with van der Waals surface area (Å²) in [6.07, 6.45) is 0.945. The molecule has 0 fully saturated rings. The third kappa shape index (κ3) is 6.42. The second-order valence-electron chi connectivity index (χ2n) is 6.89. The van der Waals surface area contributed by atoms with Crippen molar-refractivity contribution in [3.63, 3.8) is 0 Å². The van der Waals surface area contributed by atoms with Gasteiger partial charge in [-0.3, -0.25) is 13.9 Å². The molecule has 0 bridgehead atoms. The van der Waals surface area contributed by atoms with E-state index in [1.807, 2.05) is 0 Å². The molecule has 0 aromatic heterocycles. The van der Waals surface area contributed by atoms with Gasteiger partial charge >= 0.3 is 0 Å². The minimum Gasteiger partial charge on any atom is -0.357 e. The molecule has 0 spiro atoms. The molecule has 0 saturated carbocycles. The fourth-order valence-corrected chi connectivity index (χ4v) is 4.68. The van der Waals surface area contributed by atoms with Crippen molar-refractivity contribution < 1.29 is 18.0 Å². The Morgan fingerprint density at radius 2 is 1.72 bits per heavy atom. The summed E-state index contributed by atoms with van der Waals surface area (Å²) in [6.45, 7) is 0.868. The van der Waals surface area contributed by atoms with Crippen LogP contribution in [0.1, 0.15) is 12.5 Å². The van der Waals surface area contributed by atoms with Gasteiger partial charge in [-0.15, -0.1) is 0 Å². The highest BCUT2D eigenvalue weighted by Crippen LogP contribution is 2.34. The van der Waals surface area contributed by atoms with Gasteiger partial charge in [0.1, 0.15) is 12.6 Å². The summed E-state index contributed by atoms with van der Waals surface area (Å²) in [4.78, 5) is 26.8. The average Bonchev–Trinajstić information content (AvgIpc) is 2.71. The molecule has 0 radical (unpaired) electrons. The number of carbonyl (C=O) groups is 2. The smallest absolute Gasteiger partial charge is 0.244 e. The van der Waals surface area contributed by atoms with Gasteiger partial charge in [-0.25, -0.2) is 8.42 Å². The normalized spacial score (nSPS) is 12.2. The molecule has 0 saturated heterocycles. The van der Waals surface area contributed by atoms with Gasteiger partial charge in [0.25, 0.3) is 0 Å². The van der Waals surface area contributed by atoms with Gasteiger partial charge in [0, 0.05) is 23.6 Å². The molecule has 2 aromatic carbocycles. The summed E-state index contributed by atoms with van der Waals surface area (Å²) in [6, 6.07) is 8.28. The van der Waals surface area contributed by atoms with Gasteiger partial charge in [0.05, 0.1) is 22.0 Å². The zero-order chi connectivity index (χ0) is 24.2. The number of nitrogens with one attached hydrogen (secondary N) is 1. The number of halogens is 4. The predicted octanol–water partition coefficient (Wildman–Crippen LogP) is 4.23. The minimum atomic E-state index is -3.93. The molecule has 7 nitrogen and oxygen atoms in total. The van der Waals surface area contributed by atoms with Gasteiger partial charge in [-0.05, 0) is 36.8 Å². The quantitative estimate of drug-likeness (QED) is 0.542. The molecule has 174 valence electrons. The van der Waals surface area contributed by atoms with Gasteiger partial charge in [0.15, 0.2) is 0 Å². The Bertz CT molecular complexity index is 1130. The number of anilines is 1. The Morgan fingerprint density at radius 1 is 1.06 bits per heavy atom. The molecular formula is C20H21Cl4N3O4S. The largest absolute Gasteiger partial charge is 0.357 e. The molecule has 2 rings (SSSR count). The van der Waals surface area contributed by atoms with Gasteiger partial charge < -0.3 is 10.2 Å². The van der Waals surface area contributed by atoms with Crippen molar-refractivity contribution in [2.75, 3.05) is 24.2 Å². The summed E-state index contributed by atoms with van der Waals surface area (Å²) < 4.78 is 25.8. The maximum Gasteiger partial charge on any atom is 0.244 e. The summed E-state index contributed by atoms with van der Waals surface area (Å²) >= 11 is 24.4. The van der Waals surface area contributed by atoms with Gasteiger partial charge in [0.2, 0.25) is 21.8 Å². The van der Waals surface area contributed by atoms with Crippen molar-refractivity contribution in [3.8, 4) is 0 Å². The number of nitrogens with zero attached hydrogens (tertiary/aromatic N) is 2. The molecule has 2 aromatic rings. The zero-order valence-electron chi connectivity index (χ0n) is 17.4. The molecule has 0 aliphatic rings. The first-order valence-corrected chi connectivity index (χ1v) is 12.6. The first-order chi connectivity index (χ1) is 14.9. The molecule has 0 unspecified atom stereocenters. The van der Waals surface area contributed by atoms with E-state index in [1.54, 1.807) is 12.1 Å². The van der Waals surface area contributed by atoms with Crippen LogP contribution in [0.5, 0.6) is 0 Å². The highest BCUT2D eigenvalue weighted by atomic mass is 35.5. The van der Waals surface area contributed by atoms with Crippen molar-refractivity contribution in [1.82, 2.24) is 10.2 Å². The van der Waals surface area contributed by atoms with E-state index in [2.05, 4.69) is 5.32 Å². The molecular weight excluding hydrogens is 520 g/mol. The topological polar surface area (TPSA) is 86.8 Å². The lowest BCUT2D eigenvalue weighted by molar-refractivity contribution is -0.139. The first-order valence-electron chi connectivity index (χ1n) is 9.23. The Labute approximate surface area is 207 Å². The molecule has 0 aliphatic carbocycles. The van der Waals surface area contributed by atoms with Crippen LogP contribution in [0.25, 0.3) is 0 Å². The lowest BCUT2D eigenvalue weighted by Crippen LogP contribution is -2.50. The van der Waals surface area contributed by atoms with E-state index in [9.17, 15) is 18.0 Å². The van der Waals surface area contributed by atoms with Crippen LogP contribution in [0, 0.1) is 0 Å². The molecule has 0 heterocycles. The second-order valence-corrected chi connectivity index (χ2v) is 10.4. The Balaban J connectivity index is 2.46. The molecule has 1 atom stereocenters. The van der Waals surface area contributed by atoms with Crippen LogP contribution >= 0.6 is 46.4 Å². The maximum atomic E-state index is 13.3. The van der Waals surface area contributed by atoms with Crippen LogP contribution in [-0.2, 0) is 26.2 Å². The molecule has 1 N–H and O–H groups in total. The SMILES string of the molecule is CNC(=O)[C@@H](C)N(Cc1ccc(Cl)cc1Cl)C(=O)CN(c1cccc(Cl)c1Cl)S(C)(=O)=O. The van der Waals surface area contributed by atoms with E-state index in [0.717, 1.165) is 10.6 Å². The average molecular weight is 541 g/mol. The standard InChI is InChI=1S/C20H21Cl4N3O4S/c1-12(20(29)25-2)26(10-13-7-8-14(21)9-16(13)23)18(28)11-27(32(3,30)31)17-6-4-5-15(22)19(17)24/h4-9,12H,10-11H2,1-3H3,(H,25,29)/t12-/m1/s1. The maximum absolute atomic E-state index is 13.3.